The van der Waals surface area contributed by atoms with Crippen LogP contribution in [0, 0.1) is 5.95 Å². The third-order valence-corrected chi connectivity index (χ3v) is 3.12. The van der Waals surface area contributed by atoms with Gasteiger partial charge in [0.05, 0.1) is 0 Å². The Balaban J connectivity index is 2.07. The van der Waals surface area contributed by atoms with Gasteiger partial charge < -0.3 is 9.80 Å². The van der Waals surface area contributed by atoms with Crippen molar-refractivity contribution in [2.45, 2.75) is 12.5 Å². The quantitative estimate of drug-likeness (QED) is 0.720. The lowest BCUT2D eigenvalue weighted by atomic mass is 10.2. The molecule has 0 spiro atoms. The molecular formula is C12H16FN3O. The fourth-order valence-corrected chi connectivity index (χ4v) is 2.04. The molecule has 0 N–H and O–H groups in total. The number of rotatable bonds is 2. The van der Waals surface area contributed by atoms with Gasteiger partial charge in [0.15, 0.2) is 0 Å². The zero-order chi connectivity index (χ0) is 12.4. The van der Waals surface area contributed by atoms with Gasteiger partial charge in [-0.15, -0.1) is 0 Å². The predicted octanol–water partition coefficient (Wildman–Crippen LogP) is 0.997. The van der Waals surface area contributed by atoms with Gasteiger partial charge in [0.25, 0.3) is 5.91 Å². The van der Waals surface area contributed by atoms with E-state index in [0.29, 0.717) is 19.1 Å². The largest absolute Gasteiger partial charge is 0.336 e. The minimum atomic E-state index is -0.612. The first-order valence-corrected chi connectivity index (χ1v) is 5.66. The SMILES string of the molecule is CN(C)C1CCN(C(=O)c2cccc(F)n2)C1. The number of hydrogen-bond acceptors (Lipinski definition) is 3. The lowest BCUT2D eigenvalue weighted by Crippen LogP contribution is -2.34. The van der Waals surface area contributed by atoms with Crippen LogP contribution in [0.25, 0.3) is 0 Å². The van der Waals surface area contributed by atoms with Gasteiger partial charge in [-0.1, -0.05) is 6.07 Å². The van der Waals surface area contributed by atoms with E-state index < -0.39 is 5.95 Å². The van der Waals surface area contributed by atoms with Crippen LogP contribution in [0.3, 0.4) is 0 Å². The number of carbonyl (C=O) groups is 1. The average molecular weight is 237 g/mol. The van der Waals surface area contributed by atoms with Crippen LogP contribution in [0.5, 0.6) is 0 Å². The smallest absolute Gasteiger partial charge is 0.272 e. The van der Waals surface area contributed by atoms with Gasteiger partial charge in [-0.05, 0) is 32.6 Å². The van der Waals surface area contributed by atoms with E-state index in [1.54, 1.807) is 11.0 Å². The summed E-state index contributed by atoms with van der Waals surface area (Å²) >= 11 is 0. The van der Waals surface area contributed by atoms with E-state index in [1.165, 1.54) is 12.1 Å². The zero-order valence-corrected chi connectivity index (χ0v) is 10.1. The molecule has 1 amide bonds. The maximum atomic E-state index is 12.9. The number of halogens is 1. The summed E-state index contributed by atoms with van der Waals surface area (Å²) in [4.78, 5) is 19.5. The third kappa shape index (κ3) is 2.61. The van der Waals surface area contributed by atoms with Crippen molar-refractivity contribution < 1.29 is 9.18 Å². The van der Waals surface area contributed by atoms with Gasteiger partial charge in [0, 0.05) is 19.1 Å². The molecule has 1 aliphatic heterocycles. The van der Waals surface area contributed by atoms with Crippen LogP contribution in [0.15, 0.2) is 18.2 Å². The monoisotopic (exact) mass is 237 g/mol. The highest BCUT2D eigenvalue weighted by Crippen LogP contribution is 2.15. The number of hydrogen-bond donors (Lipinski definition) is 0. The van der Waals surface area contributed by atoms with E-state index in [9.17, 15) is 9.18 Å². The Bertz CT molecular complexity index is 422. The molecule has 1 aromatic heterocycles. The molecule has 1 aliphatic rings. The molecule has 2 heterocycles. The van der Waals surface area contributed by atoms with E-state index in [-0.39, 0.29) is 11.6 Å². The van der Waals surface area contributed by atoms with Gasteiger partial charge >= 0.3 is 0 Å². The van der Waals surface area contributed by atoms with Crippen molar-refractivity contribution in [3.8, 4) is 0 Å². The van der Waals surface area contributed by atoms with E-state index in [0.717, 1.165) is 6.42 Å². The van der Waals surface area contributed by atoms with E-state index in [4.69, 9.17) is 0 Å². The normalized spacial score (nSPS) is 20.0. The maximum absolute atomic E-state index is 12.9. The van der Waals surface area contributed by atoms with Crippen LogP contribution in [0.2, 0.25) is 0 Å². The number of likely N-dealkylation sites (N-methyl/N-ethyl adjacent to an activating group) is 1. The summed E-state index contributed by atoms with van der Waals surface area (Å²) in [6.45, 7) is 1.39. The Hall–Kier alpha value is -1.49. The minimum absolute atomic E-state index is 0.185. The fourth-order valence-electron chi connectivity index (χ4n) is 2.04. The number of carbonyl (C=O) groups excluding carboxylic acids is 1. The highest BCUT2D eigenvalue weighted by molar-refractivity contribution is 5.92. The number of amides is 1. The molecule has 0 aliphatic carbocycles. The topological polar surface area (TPSA) is 36.4 Å². The lowest BCUT2D eigenvalue weighted by Gasteiger charge is -2.20. The molecule has 5 heteroatoms. The van der Waals surface area contributed by atoms with E-state index in [2.05, 4.69) is 9.88 Å². The second-order valence-corrected chi connectivity index (χ2v) is 4.50. The summed E-state index contributed by atoms with van der Waals surface area (Å²) in [5.74, 6) is -0.798. The average Bonchev–Trinajstić information content (AvgIpc) is 2.77. The number of aromatic nitrogens is 1. The number of likely N-dealkylation sites (tertiary alicyclic amines) is 1. The first-order valence-electron chi connectivity index (χ1n) is 5.66. The standard InChI is InChI=1S/C12H16FN3O/c1-15(2)9-6-7-16(8-9)12(17)10-4-3-5-11(13)14-10/h3-5,9H,6-8H2,1-2H3. The molecule has 17 heavy (non-hydrogen) atoms. The number of nitrogens with zero attached hydrogens (tertiary/aromatic N) is 3. The van der Waals surface area contributed by atoms with Crippen molar-refractivity contribution in [3.05, 3.63) is 29.8 Å². The summed E-state index contributed by atoms with van der Waals surface area (Å²) in [6.07, 6.45) is 0.952. The molecular weight excluding hydrogens is 221 g/mol. The first kappa shape index (κ1) is 12.0. The van der Waals surface area contributed by atoms with Crippen molar-refractivity contribution in [3.63, 3.8) is 0 Å². The molecule has 2 rings (SSSR count). The Morgan fingerprint density at radius 3 is 2.88 bits per heavy atom. The molecule has 1 unspecified atom stereocenters. The molecule has 0 bridgehead atoms. The molecule has 0 saturated carbocycles. The number of pyridine rings is 1. The molecule has 92 valence electrons. The van der Waals surface area contributed by atoms with Crippen molar-refractivity contribution in [1.29, 1.82) is 0 Å². The van der Waals surface area contributed by atoms with Crippen LogP contribution < -0.4 is 0 Å². The molecule has 0 aromatic carbocycles. The highest BCUT2D eigenvalue weighted by Gasteiger charge is 2.28. The Labute approximate surface area is 100 Å². The van der Waals surface area contributed by atoms with Gasteiger partial charge in [0.2, 0.25) is 5.95 Å². The Kier molecular flexibility index (Phi) is 3.38. The summed E-state index contributed by atoms with van der Waals surface area (Å²) in [5, 5.41) is 0. The van der Waals surface area contributed by atoms with E-state index in [1.807, 2.05) is 14.1 Å². The molecule has 0 radical (unpaired) electrons. The van der Waals surface area contributed by atoms with Gasteiger partial charge in [0.1, 0.15) is 5.69 Å². The third-order valence-electron chi connectivity index (χ3n) is 3.12. The summed E-state index contributed by atoms with van der Waals surface area (Å²) in [5.41, 5.74) is 0.185. The highest BCUT2D eigenvalue weighted by atomic mass is 19.1. The molecule has 1 fully saturated rings. The second kappa shape index (κ2) is 4.79. The molecule has 1 aromatic rings. The molecule has 1 atom stereocenters. The summed E-state index contributed by atoms with van der Waals surface area (Å²) in [7, 11) is 4.00. The molecule has 1 saturated heterocycles. The van der Waals surface area contributed by atoms with Crippen molar-refractivity contribution in [1.82, 2.24) is 14.8 Å². The predicted molar refractivity (Wildman–Crippen MR) is 62.2 cm³/mol. The molecule has 4 nitrogen and oxygen atoms in total. The van der Waals surface area contributed by atoms with Gasteiger partial charge in [-0.2, -0.15) is 4.39 Å². The van der Waals surface area contributed by atoms with Crippen molar-refractivity contribution in [2.24, 2.45) is 0 Å². The van der Waals surface area contributed by atoms with Gasteiger partial charge in [-0.3, -0.25) is 4.79 Å². The van der Waals surface area contributed by atoms with Crippen molar-refractivity contribution in [2.75, 3.05) is 27.2 Å². The van der Waals surface area contributed by atoms with Crippen LogP contribution in [-0.2, 0) is 0 Å². The first-order chi connectivity index (χ1) is 8.08. The van der Waals surface area contributed by atoms with Crippen LogP contribution in [0.4, 0.5) is 4.39 Å². The summed E-state index contributed by atoms with van der Waals surface area (Å²) in [6, 6.07) is 4.68. The van der Waals surface area contributed by atoms with Crippen LogP contribution >= 0.6 is 0 Å². The minimum Gasteiger partial charge on any atom is -0.336 e. The summed E-state index contributed by atoms with van der Waals surface area (Å²) < 4.78 is 12.9. The Morgan fingerprint density at radius 1 is 1.53 bits per heavy atom. The van der Waals surface area contributed by atoms with Gasteiger partial charge in [-0.25, -0.2) is 4.98 Å². The van der Waals surface area contributed by atoms with Crippen LogP contribution in [-0.4, -0.2) is 53.9 Å². The second-order valence-electron chi connectivity index (χ2n) is 4.50. The maximum Gasteiger partial charge on any atom is 0.272 e. The zero-order valence-electron chi connectivity index (χ0n) is 10.1. The lowest BCUT2D eigenvalue weighted by molar-refractivity contribution is 0.0776. The van der Waals surface area contributed by atoms with Crippen LogP contribution in [0.1, 0.15) is 16.9 Å². The Morgan fingerprint density at radius 2 is 2.29 bits per heavy atom. The van der Waals surface area contributed by atoms with Crippen molar-refractivity contribution >= 4 is 5.91 Å². The van der Waals surface area contributed by atoms with E-state index >= 15 is 0 Å². The fraction of sp³-hybridized carbons (Fsp3) is 0.500.